The molecule has 29 heavy (non-hydrogen) atoms. The SMILES string of the molecule is CC(C)(C)OC(=O)N1CCC(C(=O)Nc2cccc(C(=O)N3CCCC3)c2)CC1. The lowest BCUT2D eigenvalue weighted by Gasteiger charge is -2.32. The molecule has 3 rings (SSSR count). The molecule has 3 amide bonds. The van der Waals surface area contributed by atoms with Crippen LogP contribution in [0.15, 0.2) is 24.3 Å². The lowest BCUT2D eigenvalue weighted by atomic mass is 9.96. The number of anilines is 1. The molecule has 7 heteroatoms. The summed E-state index contributed by atoms with van der Waals surface area (Å²) >= 11 is 0. The van der Waals surface area contributed by atoms with Crippen LogP contribution in [-0.4, -0.2) is 59.5 Å². The van der Waals surface area contributed by atoms with E-state index in [4.69, 9.17) is 4.74 Å². The topological polar surface area (TPSA) is 79.0 Å². The number of nitrogens with one attached hydrogen (secondary N) is 1. The van der Waals surface area contributed by atoms with Crippen molar-refractivity contribution in [3.05, 3.63) is 29.8 Å². The van der Waals surface area contributed by atoms with Gasteiger partial charge in [-0.3, -0.25) is 9.59 Å². The third-order valence-corrected chi connectivity index (χ3v) is 5.29. The minimum Gasteiger partial charge on any atom is -0.444 e. The number of likely N-dealkylation sites (tertiary alicyclic amines) is 2. The molecule has 0 saturated carbocycles. The van der Waals surface area contributed by atoms with Gasteiger partial charge >= 0.3 is 6.09 Å². The van der Waals surface area contributed by atoms with Gasteiger partial charge in [0.15, 0.2) is 0 Å². The number of benzene rings is 1. The largest absolute Gasteiger partial charge is 0.444 e. The Labute approximate surface area is 172 Å². The minimum absolute atomic E-state index is 0.0178. The van der Waals surface area contributed by atoms with Crippen molar-refractivity contribution in [1.82, 2.24) is 9.80 Å². The van der Waals surface area contributed by atoms with Crippen LogP contribution in [0.3, 0.4) is 0 Å². The standard InChI is InChI=1S/C22H31N3O4/c1-22(2,3)29-21(28)25-13-9-16(10-14-25)19(26)23-18-8-6-7-17(15-18)20(27)24-11-4-5-12-24/h6-8,15-16H,4-5,9-14H2,1-3H3,(H,23,26). The van der Waals surface area contributed by atoms with E-state index in [1.165, 1.54) is 0 Å². The van der Waals surface area contributed by atoms with Crippen molar-refractivity contribution in [2.24, 2.45) is 5.92 Å². The third-order valence-electron chi connectivity index (χ3n) is 5.29. The predicted molar refractivity (Wildman–Crippen MR) is 111 cm³/mol. The Kier molecular flexibility index (Phi) is 6.45. The summed E-state index contributed by atoms with van der Waals surface area (Å²) in [5, 5.41) is 2.94. The summed E-state index contributed by atoms with van der Waals surface area (Å²) in [7, 11) is 0. The Hall–Kier alpha value is -2.57. The van der Waals surface area contributed by atoms with E-state index in [0.29, 0.717) is 37.2 Å². The van der Waals surface area contributed by atoms with E-state index in [-0.39, 0.29) is 23.8 Å². The Morgan fingerprint density at radius 2 is 1.66 bits per heavy atom. The molecular formula is C22H31N3O4. The molecule has 158 valence electrons. The van der Waals surface area contributed by atoms with E-state index in [0.717, 1.165) is 25.9 Å². The van der Waals surface area contributed by atoms with E-state index in [2.05, 4.69) is 5.32 Å². The van der Waals surface area contributed by atoms with Gasteiger partial charge < -0.3 is 19.9 Å². The average molecular weight is 402 g/mol. The number of ether oxygens (including phenoxy) is 1. The molecule has 1 aromatic carbocycles. The van der Waals surface area contributed by atoms with Gasteiger partial charge in [0, 0.05) is 43.3 Å². The van der Waals surface area contributed by atoms with Gasteiger partial charge in [-0.15, -0.1) is 0 Å². The second-order valence-electron chi connectivity index (χ2n) is 8.81. The summed E-state index contributed by atoms with van der Waals surface area (Å²) in [5.41, 5.74) is 0.710. The Bertz CT molecular complexity index is 758. The fourth-order valence-corrected chi connectivity index (χ4v) is 3.73. The quantitative estimate of drug-likeness (QED) is 0.841. The predicted octanol–water partition coefficient (Wildman–Crippen LogP) is 3.51. The van der Waals surface area contributed by atoms with Gasteiger partial charge in [-0.2, -0.15) is 0 Å². The van der Waals surface area contributed by atoms with Gasteiger partial charge in [0.25, 0.3) is 5.91 Å². The molecule has 0 aliphatic carbocycles. The van der Waals surface area contributed by atoms with Crippen LogP contribution >= 0.6 is 0 Å². The lowest BCUT2D eigenvalue weighted by molar-refractivity contribution is -0.121. The Morgan fingerprint density at radius 1 is 1.00 bits per heavy atom. The average Bonchev–Trinajstić information content (AvgIpc) is 3.21. The van der Waals surface area contributed by atoms with Crippen molar-refractivity contribution in [3.63, 3.8) is 0 Å². The molecule has 2 aliphatic rings. The van der Waals surface area contributed by atoms with Crippen molar-refractivity contribution in [1.29, 1.82) is 0 Å². The van der Waals surface area contributed by atoms with Crippen molar-refractivity contribution >= 4 is 23.6 Å². The first-order valence-corrected chi connectivity index (χ1v) is 10.4. The number of hydrogen-bond donors (Lipinski definition) is 1. The van der Waals surface area contributed by atoms with E-state index < -0.39 is 5.60 Å². The maximum atomic E-state index is 12.7. The number of piperidine rings is 1. The molecule has 0 radical (unpaired) electrons. The molecular weight excluding hydrogens is 370 g/mol. The number of hydrogen-bond acceptors (Lipinski definition) is 4. The first-order valence-electron chi connectivity index (χ1n) is 10.4. The van der Waals surface area contributed by atoms with Gasteiger partial charge in [-0.1, -0.05) is 6.07 Å². The maximum absolute atomic E-state index is 12.7. The fraction of sp³-hybridized carbons (Fsp3) is 0.591. The first kappa shape index (κ1) is 21.1. The van der Waals surface area contributed by atoms with Crippen LogP contribution in [0.2, 0.25) is 0 Å². The number of nitrogens with zero attached hydrogens (tertiary/aromatic N) is 2. The van der Waals surface area contributed by atoms with Crippen molar-refractivity contribution < 1.29 is 19.1 Å². The van der Waals surface area contributed by atoms with E-state index in [9.17, 15) is 14.4 Å². The molecule has 2 fully saturated rings. The molecule has 1 N–H and O–H groups in total. The van der Waals surface area contributed by atoms with Crippen LogP contribution in [-0.2, 0) is 9.53 Å². The summed E-state index contributed by atoms with van der Waals surface area (Å²) in [6.07, 6.45) is 2.95. The summed E-state index contributed by atoms with van der Waals surface area (Å²) < 4.78 is 5.40. The van der Waals surface area contributed by atoms with Gasteiger partial charge in [0.1, 0.15) is 5.60 Å². The van der Waals surface area contributed by atoms with Crippen LogP contribution in [0, 0.1) is 5.92 Å². The van der Waals surface area contributed by atoms with Crippen molar-refractivity contribution in [2.75, 3.05) is 31.5 Å². The van der Waals surface area contributed by atoms with Gasteiger partial charge in [0.2, 0.25) is 5.91 Å². The molecule has 0 aromatic heterocycles. The van der Waals surface area contributed by atoms with Crippen molar-refractivity contribution in [3.8, 4) is 0 Å². The highest BCUT2D eigenvalue weighted by atomic mass is 16.6. The number of rotatable bonds is 3. The van der Waals surface area contributed by atoms with Gasteiger partial charge in [-0.05, 0) is 64.7 Å². The monoisotopic (exact) mass is 401 g/mol. The van der Waals surface area contributed by atoms with Crippen molar-refractivity contribution in [2.45, 2.75) is 52.1 Å². The summed E-state index contributed by atoms with van der Waals surface area (Å²) in [6, 6.07) is 7.13. The highest BCUT2D eigenvalue weighted by Crippen LogP contribution is 2.22. The van der Waals surface area contributed by atoms with Crippen LogP contribution in [0.1, 0.15) is 56.8 Å². The van der Waals surface area contributed by atoms with E-state index >= 15 is 0 Å². The van der Waals surface area contributed by atoms with Crippen LogP contribution in [0.4, 0.5) is 10.5 Å². The van der Waals surface area contributed by atoms with Crippen LogP contribution in [0.25, 0.3) is 0 Å². The van der Waals surface area contributed by atoms with Gasteiger partial charge in [-0.25, -0.2) is 4.79 Å². The number of carbonyl (C=O) groups is 3. The second kappa shape index (κ2) is 8.84. The maximum Gasteiger partial charge on any atom is 0.410 e. The third kappa shape index (κ3) is 5.71. The molecule has 2 aliphatic heterocycles. The summed E-state index contributed by atoms with van der Waals surface area (Å²) in [6.45, 7) is 8.12. The first-order chi connectivity index (χ1) is 13.7. The molecule has 7 nitrogen and oxygen atoms in total. The zero-order chi connectivity index (χ0) is 21.0. The molecule has 0 unspecified atom stereocenters. The smallest absolute Gasteiger partial charge is 0.410 e. The molecule has 0 spiro atoms. The zero-order valence-corrected chi connectivity index (χ0v) is 17.6. The Morgan fingerprint density at radius 3 is 2.28 bits per heavy atom. The highest BCUT2D eigenvalue weighted by Gasteiger charge is 2.30. The summed E-state index contributed by atoms with van der Waals surface area (Å²) in [5.74, 6) is -0.212. The molecule has 0 bridgehead atoms. The lowest BCUT2D eigenvalue weighted by Crippen LogP contribution is -2.43. The van der Waals surface area contributed by atoms with Crippen LogP contribution in [0.5, 0.6) is 0 Å². The molecule has 1 aromatic rings. The number of carbonyl (C=O) groups excluding carboxylic acids is 3. The molecule has 2 saturated heterocycles. The minimum atomic E-state index is -0.525. The summed E-state index contributed by atoms with van der Waals surface area (Å²) in [4.78, 5) is 40.9. The normalized spacial score (nSPS) is 17.9. The van der Waals surface area contributed by atoms with Gasteiger partial charge in [0.05, 0.1) is 0 Å². The molecule has 2 heterocycles. The number of amides is 3. The van der Waals surface area contributed by atoms with Crippen LogP contribution < -0.4 is 5.32 Å². The van der Waals surface area contributed by atoms with E-state index in [1.54, 1.807) is 29.2 Å². The van der Waals surface area contributed by atoms with E-state index in [1.807, 2.05) is 25.7 Å². The zero-order valence-electron chi connectivity index (χ0n) is 17.6. The Balaban J connectivity index is 1.53. The highest BCUT2D eigenvalue weighted by molar-refractivity contribution is 5.97. The second-order valence-corrected chi connectivity index (χ2v) is 8.81. The molecule has 0 atom stereocenters. The fourth-order valence-electron chi connectivity index (χ4n) is 3.73.